The highest BCUT2D eigenvalue weighted by molar-refractivity contribution is 6.28. The lowest BCUT2D eigenvalue weighted by Gasteiger charge is -2.25. The van der Waals surface area contributed by atoms with Gasteiger partial charge >= 0.3 is 0 Å². The van der Waals surface area contributed by atoms with Crippen LogP contribution >= 0.6 is 11.6 Å². The Bertz CT molecular complexity index is 572. The Kier molecular flexibility index (Phi) is 4.79. The second-order valence-electron chi connectivity index (χ2n) is 4.66. The minimum absolute atomic E-state index is 0.226. The predicted molar refractivity (Wildman–Crippen MR) is 84.5 cm³/mol. The van der Waals surface area contributed by atoms with E-state index >= 15 is 0 Å². The molecule has 0 radical (unpaired) electrons. The predicted octanol–water partition coefficient (Wildman–Crippen LogP) is 3.96. The average molecular weight is 291 g/mol. The number of nitrogen functional groups attached to an aromatic ring is 1. The molecule has 0 fully saturated rings. The van der Waals surface area contributed by atoms with Crippen LogP contribution in [-0.4, -0.2) is 16.5 Å². The SMILES string of the molecule is CCCCN(c1ccccc1)c1nc(Cl)nc(C)c1N. The summed E-state index contributed by atoms with van der Waals surface area (Å²) in [5.74, 6) is 0.683. The number of para-hydroxylation sites is 1. The van der Waals surface area contributed by atoms with Crippen LogP contribution in [0.3, 0.4) is 0 Å². The molecule has 1 aromatic carbocycles. The quantitative estimate of drug-likeness (QED) is 0.847. The Morgan fingerprint density at radius 2 is 1.90 bits per heavy atom. The van der Waals surface area contributed by atoms with Gasteiger partial charge in [-0.3, -0.25) is 0 Å². The van der Waals surface area contributed by atoms with E-state index in [2.05, 4.69) is 21.8 Å². The second-order valence-corrected chi connectivity index (χ2v) is 4.99. The van der Waals surface area contributed by atoms with Crippen molar-refractivity contribution in [3.63, 3.8) is 0 Å². The van der Waals surface area contributed by atoms with Crippen molar-refractivity contribution in [3.8, 4) is 0 Å². The van der Waals surface area contributed by atoms with E-state index in [0.29, 0.717) is 17.2 Å². The summed E-state index contributed by atoms with van der Waals surface area (Å²) in [6.45, 7) is 4.84. The third kappa shape index (κ3) is 3.20. The van der Waals surface area contributed by atoms with Crippen LogP contribution in [0.2, 0.25) is 5.28 Å². The Morgan fingerprint density at radius 1 is 1.20 bits per heavy atom. The molecule has 5 heteroatoms. The van der Waals surface area contributed by atoms with Gasteiger partial charge in [-0.25, -0.2) is 4.98 Å². The molecule has 1 aromatic heterocycles. The molecular formula is C15H19ClN4. The van der Waals surface area contributed by atoms with E-state index < -0.39 is 0 Å². The summed E-state index contributed by atoms with van der Waals surface area (Å²) in [5, 5.41) is 0.226. The van der Waals surface area contributed by atoms with E-state index in [1.807, 2.05) is 37.3 Å². The summed E-state index contributed by atoms with van der Waals surface area (Å²) in [6, 6.07) is 10.1. The number of aryl methyl sites for hydroxylation is 1. The largest absolute Gasteiger partial charge is 0.394 e. The van der Waals surface area contributed by atoms with E-state index in [-0.39, 0.29) is 5.28 Å². The molecule has 0 spiro atoms. The number of nitrogens with two attached hydrogens (primary N) is 1. The summed E-state index contributed by atoms with van der Waals surface area (Å²) in [4.78, 5) is 10.5. The number of hydrogen-bond donors (Lipinski definition) is 1. The number of unbranched alkanes of at least 4 members (excludes halogenated alkanes) is 1. The Labute approximate surface area is 124 Å². The minimum Gasteiger partial charge on any atom is -0.394 e. The first-order chi connectivity index (χ1) is 9.63. The topological polar surface area (TPSA) is 55.0 Å². The van der Waals surface area contributed by atoms with E-state index in [1.165, 1.54) is 0 Å². The van der Waals surface area contributed by atoms with Gasteiger partial charge in [0, 0.05) is 12.2 Å². The van der Waals surface area contributed by atoms with Crippen LogP contribution in [0, 0.1) is 6.92 Å². The monoisotopic (exact) mass is 290 g/mol. The summed E-state index contributed by atoms with van der Waals surface area (Å²) >= 11 is 5.98. The lowest BCUT2D eigenvalue weighted by Crippen LogP contribution is -2.21. The van der Waals surface area contributed by atoms with Gasteiger partial charge in [-0.15, -0.1) is 0 Å². The van der Waals surface area contributed by atoms with Crippen molar-refractivity contribution in [1.29, 1.82) is 0 Å². The highest BCUT2D eigenvalue weighted by atomic mass is 35.5. The number of benzene rings is 1. The summed E-state index contributed by atoms with van der Waals surface area (Å²) < 4.78 is 0. The molecule has 0 aliphatic carbocycles. The standard InChI is InChI=1S/C15H19ClN4/c1-3-4-10-20(12-8-6-5-7-9-12)14-13(17)11(2)18-15(16)19-14/h5-9H,3-4,10,17H2,1-2H3. The zero-order chi connectivity index (χ0) is 14.5. The van der Waals surface area contributed by atoms with Gasteiger partial charge < -0.3 is 10.6 Å². The first kappa shape index (κ1) is 14.6. The van der Waals surface area contributed by atoms with Crippen LogP contribution in [0.4, 0.5) is 17.2 Å². The molecule has 106 valence electrons. The molecule has 4 nitrogen and oxygen atoms in total. The molecule has 0 bridgehead atoms. The first-order valence-corrected chi connectivity index (χ1v) is 7.13. The van der Waals surface area contributed by atoms with E-state index in [1.54, 1.807) is 0 Å². The summed E-state index contributed by atoms with van der Waals surface area (Å²) in [5.41, 5.74) is 8.48. The Balaban J connectivity index is 2.46. The Hall–Kier alpha value is -1.81. The van der Waals surface area contributed by atoms with Gasteiger partial charge in [-0.2, -0.15) is 4.98 Å². The average Bonchev–Trinajstić information content (AvgIpc) is 2.45. The molecule has 0 atom stereocenters. The summed E-state index contributed by atoms with van der Waals surface area (Å²) in [6.07, 6.45) is 2.15. The third-order valence-electron chi connectivity index (χ3n) is 3.15. The van der Waals surface area contributed by atoms with E-state index in [9.17, 15) is 0 Å². The fourth-order valence-corrected chi connectivity index (χ4v) is 2.23. The van der Waals surface area contributed by atoms with Gasteiger partial charge in [-0.1, -0.05) is 31.5 Å². The number of halogens is 1. The number of rotatable bonds is 5. The van der Waals surface area contributed by atoms with Crippen LogP contribution in [-0.2, 0) is 0 Å². The van der Waals surface area contributed by atoms with Gasteiger partial charge in [-0.05, 0) is 37.1 Å². The molecule has 1 heterocycles. The van der Waals surface area contributed by atoms with Crippen LogP contribution in [0.1, 0.15) is 25.5 Å². The third-order valence-corrected chi connectivity index (χ3v) is 3.32. The molecule has 0 amide bonds. The van der Waals surface area contributed by atoms with Crippen LogP contribution in [0.5, 0.6) is 0 Å². The van der Waals surface area contributed by atoms with Crippen molar-refractivity contribution in [2.24, 2.45) is 0 Å². The van der Waals surface area contributed by atoms with Gasteiger partial charge in [0.2, 0.25) is 5.28 Å². The minimum atomic E-state index is 0.226. The molecule has 2 rings (SSSR count). The maximum atomic E-state index is 6.14. The van der Waals surface area contributed by atoms with Gasteiger partial charge in [0.15, 0.2) is 5.82 Å². The summed E-state index contributed by atoms with van der Waals surface area (Å²) in [7, 11) is 0. The maximum Gasteiger partial charge on any atom is 0.224 e. The zero-order valence-electron chi connectivity index (χ0n) is 11.8. The lowest BCUT2D eigenvalue weighted by molar-refractivity contribution is 0.778. The number of anilines is 3. The number of aromatic nitrogens is 2. The molecule has 20 heavy (non-hydrogen) atoms. The van der Waals surface area contributed by atoms with Crippen molar-refractivity contribution in [2.45, 2.75) is 26.7 Å². The van der Waals surface area contributed by atoms with Crippen LogP contribution in [0.25, 0.3) is 0 Å². The van der Waals surface area contributed by atoms with Gasteiger partial charge in [0.1, 0.15) is 0 Å². The van der Waals surface area contributed by atoms with Gasteiger partial charge in [0.05, 0.1) is 11.4 Å². The highest BCUT2D eigenvalue weighted by Gasteiger charge is 2.16. The molecule has 2 aromatic rings. The van der Waals surface area contributed by atoms with Crippen molar-refractivity contribution in [2.75, 3.05) is 17.2 Å². The molecule has 2 N–H and O–H groups in total. The Morgan fingerprint density at radius 3 is 2.55 bits per heavy atom. The van der Waals surface area contributed by atoms with Crippen LogP contribution in [0.15, 0.2) is 30.3 Å². The van der Waals surface area contributed by atoms with Crippen LogP contribution < -0.4 is 10.6 Å². The second kappa shape index (κ2) is 6.57. The van der Waals surface area contributed by atoms with Crippen molar-refractivity contribution in [1.82, 2.24) is 9.97 Å². The van der Waals surface area contributed by atoms with E-state index in [4.69, 9.17) is 17.3 Å². The zero-order valence-corrected chi connectivity index (χ0v) is 12.6. The fourth-order valence-electron chi connectivity index (χ4n) is 2.02. The maximum absolute atomic E-state index is 6.14. The molecular weight excluding hydrogens is 272 g/mol. The van der Waals surface area contributed by atoms with E-state index in [0.717, 1.165) is 25.1 Å². The fraction of sp³-hybridized carbons (Fsp3) is 0.333. The first-order valence-electron chi connectivity index (χ1n) is 6.75. The van der Waals surface area contributed by atoms with Crippen molar-refractivity contribution < 1.29 is 0 Å². The number of hydrogen-bond acceptors (Lipinski definition) is 4. The molecule has 0 unspecified atom stereocenters. The smallest absolute Gasteiger partial charge is 0.224 e. The normalized spacial score (nSPS) is 10.6. The van der Waals surface area contributed by atoms with Crippen molar-refractivity contribution in [3.05, 3.63) is 41.3 Å². The molecule has 0 saturated carbocycles. The van der Waals surface area contributed by atoms with Gasteiger partial charge in [0.25, 0.3) is 0 Å². The van der Waals surface area contributed by atoms with Crippen molar-refractivity contribution >= 4 is 28.8 Å². The lowest BCUT2D eigenvalue weighted by atomic mass is 10.2. The molecule has 0 aliphatic heterocycles. The highest BCUT2D eigenvalue weighted by Crippen LogP contribution is 2.31. The number of nitrogens with zero attached hydrogens (tertiary/aromatic N) is 3. The molecule has 0 saturated heterocycles. The molecule has 0 aliphatic rings.